The molecule has 6 aromatic rings. The number of halogens is 2. The molecule has 0 bridgehead atoms. The first-order chi connectivity index (χ1) is 22.5. The molecule has 0 aliphatic heterocycles. The predicted molar refractivity (Wildman–Crippen MR) is 212 cm³/mol. The van der Waals surface area contributed by atoms with Crippen LogP contribution in [0, 0.1) is 0 Å². The van der Waals surface area contributed by atoms with E-state index in [-0.39, 0.29) is 24.8 Å². The third-order valence-electron chi connectivity index (χ3n) is 11.0. The van der Waals surface area contributed by atoms with Crippen molar-refractivity contribution in [3.8, 4) is 22.3 Å². The Morgan fingerprint density at radius 3 is 1.10 bits per heavy atom. The zero-order chi connectivity index (χ0) is 31.3. The summed E-state index contributed by atoms with van der Waals surface area (Å²) in [6, 6.07) is 59.8. The van der Waals surface area contributed by atoms with Crippen LogP contribution in [0.2, 0.25) is 0 Å². The molecule has 48 heavy (non-hydrogen) atoms. The fourth-order valence-corrected chi connectivity index (χ4v) is 65.2. The van der Waals surface area contributed by atoms with Gasteiger partial charge in [0.1, 0.15) is 0 Å². The van der Waals surface area contributed by atoms with E-state index < -0.39 is 15.4 Å². The average molecular weight is 891 g/mol. The number of hydrogen-bond acceptors (Lipinski definition) is 0. The largest absolute Gasteiger partial charge is 0.147 e. The minimum atomic E-state index is -4.68. The first-order valence-electron chi connectivity index (χ1n) is 16.4. The van der Waals surface area contributed by atoms with Crippen LogP contribution < -0.4 is 6.64 Å². The van der Waals surface area contributed by atoms with Crippen LogP contribution in [0.1, 0.15) is 43.5 Å². The smallest absolute Gasteiger partial charge is 0.147 e. The Bertz CT molecular complexity index is 2060. The van der Waals surface area contributed by atoms with Crippen molar-refractivity contribution in [1.29, 1.82) is 0 Å². The molecule has 2 aliphatic carbocycles. The molecule has 8 rings (SSSR count). The van der Waals surface area contributed by atoms with Gasteiger partial charge in [0.15, 0.2) is 0 Å². The molecular formula is C44H40Cl2GeHf. The molecule has 0 N–H and O–H groups in total. The summed E-state index contributed by atoms with van der Waals surface area (Å²) >= 11 is -3.42. The first kappa shape index (κ1) is 34.6. The SMILES string of the molecule is CC1=Cc2c(-c3ccccc3)cccc2[CH]1[Hf](=[GeH2])([c]1ccccc1)([c]1ccccc1)[CH]1C(C)=Cc2c(-c3ccccc3)cccc21.Cl.Cl. The van der Waals surface area contributed by atoms with Crippen LogP contribution in [-0.2, 0) is 15.4 Å². The Morgan fingerprint density at radius 1 is 0.417 bits per heavy atom. The van der Waals surface area contributed by atoms with Gasteiger partial charge in [-0.3, -0.25) is 0 Å². The Labute approximate surface area is 303 Å². The van der Waals surface area contributed by atoms with E-state index in [2.05, 4.69) is 184 Å². The Hall–Kier alpha value is -3.21. The summed E-state index contributed by atoms with van der Waals surface area (Å²) in [5, 5.41) is 0. The molecule has 0 spiro atoms. The summed E-state index contributed by atoms with van der Waals surface area (Å²) in [7, 11) is 0. The Morgan fingerprint density at radius 2 is 0.750 bits per heavy atom. The van der Waals surface area contributed by atoms with E-state index in [1.807, 2.05) is 0 Å². The zero-order valence-electron chi connectivity index (χ0n) is 27.3. The normalized spacial score (nSPS) is 16.5. The number of allylic oxidation sites excluding steroid dienone is 2. The topological polar surface area (TPSA) is 0 Å². The molecule has 0 heterocycles. The van der Waals surface area contributed by atoms with Crippen molar-refractivity contribution >= 4 is 55.8 Å². The van der Waals surface area contributed by atoms with Gasteiger partial charge < -0.3 is 0 Å². The molecule has 0 fully saturated rings. The molecule has 2 atom stereocenters. The number of rotatable bonds is 6. The van der Waals surface area contributed by atoms with Crippen LogP contribution in [0.15, 0.2) is 169 Å². The van der Waals surface area contributed by atoms with Crippen molar-refractivity contribution in [2.24, 2.45) is 0 Å². The minimum Gasteiger partial charge on any atom is -0.147 e. The van der Waals surface area contributed by atoms with Crippen LogP contribution in [0.3, 0.4) is 0 Å². The maximum Gasteiger partial charge on any atom is -0.147 e. The van der Waals surface area contributed by atoms with E-state index in [4.69, 9.17) is 0 Å². The molecular weight excluding hydrogens is 850 g/mol. The van der Waals surface area contributed by atoms with Gasteiger partial charge in [-0.05, 0) is 0 Å². The van der Waals surface area contributed by atoms with E-state index in [0.717, 1.165) is 0 Å². The molecule has 6 aromatic carbocycles. The average Bonchev–Trinajstić information content (AvgIpc) is 3.66. The summed E-state index contributed by atoms with van der Waals surface area (Å²) in [6.45, 7) is 4.87. The molecule has 0 aromatic heterocycles. The summed E-state index contributed by atoms with van der Waals surface area (Å²) in [6.07, 6.45) is 5.10. The molecule has 0 nitrogen and oxygen atoms in total. The van der Waals surface area contributed by atoms with Crippen molar-refractivity contribution in [2.75, 3.05) is 0 Å². The fourth-order valence-electron chi connectivity index (χ4n) is 9.26. The monoisotopic (exact) mass is 892 g/mol. The standard InChI is InChI=1S/2C16H13.2C6H5.2ClH.GeH2.Hf/c2*1-12-10-14-8-5-9-15(16(14)11-12)13-6-3-2-4-7-13;2*1-2-4-6-5-3-1;;;;/h2*2-11H,1H3;2*1-5H;2*1H;1H2;. The van der Waals surface area contributed by atoms with Crippen molar-refractivity contribution in [2.45, 2.75) is 21.2 Å². The number of fused-ring (bicyclic) bond motifs is 2. The van der Waals surface area contributed by atoms with Gasteiger partial charge in [0, 0.05) is 0 Å². The van der Waals surface area contributed by atoms with Gasteiger partial charge in [-0.15, -0.1) is 24.8 Å². The molecule has 4 heteroatoms. The molecule has 0 saturated carbocycles. The van der Waals surface area contributed by atoms with Gasteiger partial charge in [0.05, 0.1) is 0 Å². The Balaban J connectivity index is 0.00000201. The second-order valence-corrected chi connectivity index (χ2v) is 59.5. The van der Waals surface area contributed by atoms with Gasteiger partial charge in [0.25, 0.3) is 0 Å². The summed E-state index contributed by atoms with van der Waals surface area (Å²) in [4.78, 5) is 0. The van der Waals surface area contributed by atoms with E-state index in [1.165, 1.54) is 67.9 Å². The summed E-state index contributed by atoms with van der Waals surface area (Å²) < 4.78 is 3.94. The summed E-state index contributed by atoms with van der Waals surface area (Å²) in [5.41, 5.74) is 14.2. The number of benzene rings is 6. The van der Waals surface area contributed by atoms with Gasteiger partial charge in [-0.1, -0.05) is 0 Å². The third kappa shape index (κ3) is 5.12. The molecule has 0 saturated heterocycles. The van der Waals surface area contributed by atoms with Crippen molar-refractivity contribution in [1.82, 2.24) is 0 Å². The van der Waals surface area contributed by atoms with Crippen LogP contribution >= 0.6 is 24.8 Å². The number of hydrogen-bond donors (Lipinski definition) is 0. The maximum absolute atomic E-state index is 4.68. The van der Waals surface area contributed by atoms with Crippen LogP contribution in [0.4, 0.5) is 0 Å². The van der Waals surface area contributed by atoms with Crippen LogP contribution in [0.25, 0.3) is 34.4 Å². The molecule has 0 radical (unpaired) electrons. The molecule has 238 valence electrons. The summed E-state index contributed by atoms with van der Waals surface area (Å²) in [5.74, 6) is 0. The van der Waals surface area contributed by atoms with Gasteiger partial charge >= 0.3 is 281 Å². The van der Waals surface area contributed by atoms with E-state index >= 15 is 0 Å². The molecule has 0 amide bonds. The maximum atomic E-state index is 2.55. The Kier molecular flexibility index (Phi) is 9.82. The van der Waals surface area contributed by atoms with Crippen molar-refractivity contribution in [3.05, 3.63) is 191 Å². The molecule has 2 unspecified atom stereocenters. The van der Waals surface area contributed by atoms with E-state index in [9.17, 15) is 0 Å². The van der Waals surface area contributed by atoms with Gasteiger partial charge in [0.2, 0.25) is 0 Å². The van der Waals surface area contributed by atoms with Crippen molar-refractivity contribution in [3.63, 3.8) is 0 Å². The van der Waals surface area contributed by atoms with Gasteiger partial charge in [-0.2, -0.15) is 0 Å². The van der Waals surface area contributed by atoms with Crippen LogP contribution in [-0.4, -0.2) is 12.2 Å². The van der Waals surface area contributed by atoms with E-state index in [0.29, 0.717) is 7.35 Å². The van der Waals surface area contributed by atoms with Crippen LogP contribution in [0.5, 0.6) is 0 Å². The third-order valence-corrected chi connectivity index (χ3v) is 66.2. The zero-order valence-corrected chi connectivity index (χ0v) is 35.5. The van der Waals surface area contributed by atoms with E-state index in [1.54, 1.807) is 6.64 Å². The second-order valence-electron chi connectivity index (χ2n) is 13.4. The fraction of sp³-hybridized carbons (Fsp3) is 0.0909. The first-order valence-corrected chi connectivity index (χ1v) is 38.8. The quantitative estimate of drug-likeness (QED) is 0.146. The van der Waals surface area contributed by atoms with Gasteiger partial charge in [-0.25, -0.2) is 0 Å². The minimum absolute atomic E-state index is 0. The molecule has 2 aliphatic rings. The predicted octanol–water partition coefficient (Wildman–Crippen LogP) is 10.4. The van der Waals surface area contributed by atoms with Crippen molar-refractivity contribution < 1.29 is 15.4 Å². The second kappa shape index (κ2) is 13.6.